The van der Waals surface area contributed by atoms with Gasteiger partial charge in [-0.25, -0.2) is 0 Å². The zero-order chi connectivity index (χ0) is 20.1. The smallest absolute Gasteiger partial charge is 0.290 e. The maximum Gasteiger partial charge on any atom is 0.290 e. The molecule has 2 rings (SSSR count). The predicted octanol–water partition coefficient (Wildman–Crippen LogP) is 4.47. The van der Waals surface area contributed by atoms with Gasteiger partial charge in [0.05, 0.1) is 17.7 Å². The monoisotopic (exact) mass is 393 g/mol. The van der Waals surface area contributed by atoms with Crippen molar-refractivity contribution in [1.29, 1.82) is 0 Å². The average molecular weight is 394 g/mol. The van der Waals surface area contributed by atoms with Crippen LogP contribution in [0.3, 0.4) is 0 Å². The van der Waals surface area contributed by atoms with Gasteiger partial charge in [-0.3, -0.25) is 9.59 Å². The van der Waals surface area contributed by atoms with Crippen molar-refractivity contribution in [2.45, 2.75) is 52.7 Å². The van der Waals surface area contributed by atoms with Crippen molar-refractivity contribution < 1.29 is 19.4 Å². The van der Waals surface area contributed by atoms with Crippen molar-refractivity contribution >= 4 is 23.3 Å². The number of ketones is 1. The van der Waals surface area contributed by atoms with Crippen molar-refractivity contribution in [3.05, 3.63) is 46.2 Å². The fourth-order valence-electron chi connectivity index (χ4n) is 3.20. The Morgan fingerprint density at radius 3 is 2.41 bits per heavy atom. The lowest BCUT2D eigenvalue weighted by Gasteiger charge is -2.27. The molecule has 0 spiro atoms. The standard InChI is InChI=1S/C21H28ClNO4/c1-13(2)12-17(24)18-19(15-6-8-16(22)9-7-15)23(21(26)20(18)25)10-5-11-27-14(3)4/h6-9,13-14,19,25H,5,10-12H2,1-4H3. The third kappa shape index (κ3) is 5.33. The molecule has 1 aromatic carbocycles. The first-order chi connectivity index (χ1) is 12.7. The quantitative estimate of drug-likeness (QED) is 0.629. The number of Topliss-reactive ketones (excluding diaryl/α,β-unsaturated/α-hetero) is 1. The van der Waals surface area contributed by atoms with Crippen LogP contribution in [-0.2, 0) is 14.3 Å². The molecule has 0 fully saturated rings. The van der Waals surface area contributed by atoms with Gasteiger partial charge >= 0.3 is 0 Å². The van der Waals surface area contributed by atoms with E-state index in [-0.39, 0.29) is 29.8 Å². The van der Waals surface area contributed by atoms with Crippen molar-refractivity contribution in [2.75, 3.05) is 13.2 Å². The van der Waals surface area contributed by atoms with Crippen LogP contribution in [0.25, 0.3) is 0 Å². The highest BCUT2D eigenvalue weighted by atomic mass is 35.5. The molecule has 0 bridgehead atoms. The van der Waals surface area contributed by atoms with E-state index >= 15 is 0 Å². The molecule has 1 unspecified atom stereocenters. The van der Waals surface area contributed by atoms with E-state index in [1.807, 2.05) is 27.7 Å². The summed E-state index contributed by atoms with van der Waals surface area (Å²) < 4.78 is 5.55. The zero-order valence-corrected chi connectivity index (χ0v) is 17.1. The van der Waals surface area contributed by atoms with Crippen LogP contribution in [0.2, 0.25) is 5.02 Å². The van der Waals surface area contributed by atoms with Crippen LogP contribution in [0.15, 0.2) is 35.6 Å². The second kappa shape index (κ2) is 9.38. The molecule has 0 aromatic heterocycles. The summed E-state index contributed by atoms with van der Waals surface area (Å²) >= 11 is 5.99. The highest BCUT2D eigenvalue weighted by Gasteiger charge is 2.42. The van der Waals surface area contributed by atoms with E-state index in [0.29, 0.717) is 24.6 Å². The van der Waals surface area contributed by atoms with Crippen molar-refractivity contribution in [3.8, 4) is 0 Å². The van der Waals surface area contributed by atoms with E-state index in [2.05, 4.69) is 0 Å². The lowest BCUT2D eigenvalue weighted by Crippen LogP contribution is -2.32. The minimum Gasteiger partial charge on any atom is -0.503 e. The lowest BCUT2D eigenvalue weighted by molar-refractivity contribution is -0.129. The summed E-state index contributed by atoms with van der Waals surface area (Å²) in [7, 11) is 0. The van der Waals surface area contributed by atoms with E-state index in [0.717, 1.165) is 5.56 Å². The van der Waals surface area contributed by atoms with Gasteiger partial charge in [-0.1, -0.05) is 37.6 Å². The molecule has 5 nitrogen and oxygen atoms in total. The topological polar surface area (TPSA) is 66.8 Å². The first-order valence-corrected chi connectivity index (χ1v) is 9.74. The summed E-state index contributed by atoms with van der Waals surface area (Å²) in [5.74, 6) is -1.01. The highest BCUT2D eigenvalue weighted by molar-refractivity contribution is 6.30. The number of ether oxygens (including phenoxy) is 1. The number of carbonyl (C=O) groups excluding carboxylic acids is 2. The third-order valence-electron chi connectivity index (χ3n) is 4.38. The Kier molecular flexibility index (Phi) is 7.45. The van der Waals surface area contributed by atoms with Gasteiger partial charge in [0.2, 0.25) is 0 Å². The summed E-state index contributed by atoms with van der Waals surface area (Å²) in [6.45, 7) is 8.67. The van der Waals surface area contributed by atoms with Crippen molar-refractivity contribution in [1.82, 2.24) is 4.90 Å². The molecule has 6 heteroatoms. The fraction of sp³-hybridized carbons (Fsp3) is 0.524. The molecular weight excluding hydrogens is 366 g/mol. The summed E-state index contributed by atoms with van der Waals surface area (Å²) in [6.07, 6.45) is 1.01. The Morgan fingerprint density at radius 2 is 1.85 bits per heavy atom. The summed E-state index contributed by atoms with van der Waals surface area (Å²) in [4.78, 5) is 27.0. The molecule has 1 aliphatic rings. The number of hydrogen-bond donors (Lipinski definition) is 1. The molecular formula is C21H28ClNO4. The Balaban J connectivity index is 2.31. The van der Waals surface area contributed by atoms with Crippen molar-refractivity contribution in [2.24, 2.45) is 5.92 Å². The molecule has 1 N–H and O–H groups in total. The largest absolute Gasteiger partial charge is 0.503 e. The van der Waals surface area contributed by atoms with Gasteiger partial charge in [-0.2, -0.15) is 0 Å². The molecule has 1 aliphatic heterocycles. The Bertz CT molecular complexity index is 709. The molecule has 0 saturated heterocycles. The maximum absolute atomic E-state index is 12.8. The molecule has 1 amide bonds. The summed E-state index contributed by atoms with van der Waals surface area (Å²) in [5, 5.41) is 11.0. The van der Waals surface area contributed by atoms with Crippen LogP contribution >= 0.6 is 11.6 Å². The minimum atomic E-state index is -0.597. The van der Waals surface area contributed by atoms with Gasteiger partial charge in [0.25, 0.3) is 5.91 Å². The molecule has 148 valence electrons. The van der Waals surface area contributed by atoms with Crippen LogP contribution in [0.5, 0.6) is 0 Å². The zero-order valence-electron chi connectivity index (χ0n) is 16.4. The van der Waals surface area contributed by atoms with Gasteiger partial charge in [0.1, 0.15) is 0 Å². The lowest BCUT2D eigenvalue weighted by atomic mass is 9.92. The predicted molar refractivity (Wildman–Crippen MR) is 106 cm³/mol. The number of carbonyl (C=O) groups is 2. The van der Waals surface area contributed by atoms with Gasteiger partial charge in [0.15, 0.2) is 11.5 Å². The second-order valence-corrected chi connectivity index (χ2v) is 7.95. The fourth-order valence-corrected chi connectivity index (χ4v) is 3.32. The van der Waals surface area contributed by atoms with Crippen LogP contribution < -0.4 is 0 Å². The number of halogens is 1. The van der Waals surface area contributed by atoms with Crippen LogP contribution in [-0.4, -0.2) is 41.0 Å². The summed E-state index contributed by atoms with van der Waals surface area (Å²) in [6, 6.07) is 6.43. The molecule has 0 saturated carbocycles. The van der Waals surface area contributed by atoms with Crippen molar-refractivity contribution in [3.63, 3.8) is 0 Å². The molecule has 1 heterocycles. The van der Waals surface area contributed by atoms with E-state index < -0.39 is 17.7 Å². The van der Waals surface area contributed by atoms with Crippen LogP contribution in [0.1, 0.15) is 52.1 Å². The Hall–Kier alpha value is -1.85. The van der Waals surface area contributed by atoms with E-state index in [1.54, 1.807) is 29.2 Å². The molecule has 27 heavy (non-hydrogen) atoms. The Morgan fingerprint density at radius 1 is 1.22 bits per heavy atom. The minimum absolute atomic E-state index is 0.112. The molecule has 0 radical (unpaired) electrons. The number of benzene rings is 1. The first-order valence-electron chi connectivity index (χ1n) is 9.36. The number of aliphatic hydroxyl groups is 1. The normalized spacial score (nSPS) is 17.5. The van der Waals surface area contributed by atoms with Gasteiger partial charge in [0, 0.05) is 24.6 Å². The van der Waals surface area contributed by atoms with Crippen LogP contribution in [0, 0.1) is 5.92 Å². The molecule has 0 aliphatic carbocycles. The number of hydrogen-bond acceptors (Lipinski definition) is 4. The number of nitrogens with zero attached hydrogens (tertiary/aromatic N) is 1. The van der Waals surface area contributed by atoms with Gasteiger partial charge < -0.3 is 14.7 Å². The van der Waals surface area contributed by atoms with E-state index in [9.17, 15) is 14.7 Å². The third-order valence-corrected chi connectivity index (χ3v) is 4.63. The van der Waals surface area contributed by atoms with E-state index in [1.165, 1.54) is 0 Å². The van der Waals surface area contributed by atoms with E-state index in [4.69, 9.17) is 16.3 Å². The number of amides is 1. The average Bonchev–Trinajstić information content (AvgIpc) is 2.83. The highest BCUT2D eigenvalue weighted by Crippen LogP contribution is 2.39. The molecule has 1 aromatic rings. The second-order valence-electron chi connectivity index (χ2n) is 7.51. The Labute approximate surface area is 166 Å². The first kappa shape index (κ1) is 21.5. The molecule has 1 atom stereocenters. The van der Waals surface area contributed by atoms with Gasteiger partial charge in [-0.05, 0) is 43.9 Å². The number of aliphatic hydroxyl groups excluding tert-OH is 1. The number of rotatable bonds is 9. The van der Waals surface area contributed by atoms with Gasteiger partial charge in [-0.15, -0.1) is 0 Å². The summed E-state index contributed by atoms with van der Waals surface area (Å²) in [5.41, 5.74) is 0.939. The van der Waals surface area contributed by atoms with Crippen LogP contribution in [0.4, 0.5) is 0 Å². The SMILES string of the molecule is CC(C)CC(=O)C1=C(O)C(=O)N(CCCOC(C)C)C1c1ccc(Cl)cc1. The maximum atomic E-state index is 12.8.